The van der Waals surface area contributed by atoms with E-state index < -0.39 is 0 Å². The second-order valence-corrected chi connectivity index (χ2v) is 16.1. The number of nitrogens with zero attached hydrogens (tertiary/aromatic N) is 4. The van der Waals surface area contributed by atoms with E-state index in [-0.39, 0.29) is 22.2 Å². The SMILES string of the molecule is [C-]#[N+]/C(C#N)=C1\C=C(C2=Cc3sc4c(c3C23CCCCC3)C2(CCCCC2)c2cc(C3=C/C(=C(\C#N)[N+]#[C-])CCC3)sc2-4)CCC1. The minimum atomic E-state index is 0.0390. The van der Waals surface area contributed by atoms with Crippen molar-refractivity contribution in [1.29, 1.82) is 10.5 Å². The lowest BCUT2D eigenvalue weighted by Crippen LogP contribution is -2.35. The molecule has 6 aliphatic rings. The molecule has 0 N–H and O–H groups in total. The Kier molecular flexibility index (Phi) is 7.29. The van der Waals surface area contributed by atoms with Gasteiger partial charge in [0.2, 0.25) is 0 Å². The van der Waals surface area contributed by atoms with Crippen LogP contribution in [0, 0.1) is 35.8 Å². The molecule has 0 amide bonds. The minimum Gasteiger partial charge on any atom is -0.226 e. The molecule has 0 bridgehead atoms. The summed E-state index contributed by atoms with van der Waals surface area (Å²) in [7, 11) is 0. The summed E-state index contributed by atoms with van der Waals surface area (Å²) in [6, 6.07) is 6.82. The Bertz CT molecular complexity index is 1960. The number of rotatable bonds is 2. The van der Waals surface area contributed by atoms with Gasteiger partial charge < -0.3 is 0 Å². The lowest BCUT2D eigenvalue weighted by molar-refractivity contribution is 0.322. The largest absolute Gasteiger partial charge is 0.265 e. The van der Waals surface area contributed by atoms with Gasteiger partial charge in [-0.2, -0.15) is 0 Å². The zero-order valence-electron chi connectivity index (χ0n) is 26.2. The molecule has 2 heterocycles. The Balaban J connectivity index is 1.30. The highest BCUT2D eigenvalue weighted by atomic mass is 32.1. The zero-order valence-corrected chi connectivity index (χ0v) is 27.9. The molecule has 2 saturated carbocycles. The highest BCUT2D eigenvalue weighted by Gasteiger charge is 2.55. The molecule has 2 fully saturated rings. The molecule has 46 heavy (non-hydrogen) atoms. The molecule has 228 valence electrons. The van der Waals surface area contributed by atoms with Crippen LogP contribution < -0.4 is 0 Å². The average Bonchev–Trinajstić information content (AvgIpc) is 3.83. The van der Waals surface area contributed by atoms with Crippen LogP contribution >= 0.6 is 22.7 Å². The Morgan fingerprint density at radius 3 is 1.85 bits per heavy atom. The van der Waals surface area contributed by atoms with Gasteiger partial charge in [-0.3, -0.25) is 0 Å². The summed E-state index contributed by atoms with van der Waals surface area (Å²) >= 11 is 3.99. The lowest BCUT2D eigenvalue weighted by Gasteiger charge is -2.43. The van der Waals surface area contributed by atoms with E-state index in [1.807, 2.05) is 22.7 Å². The van der Waals surface area contributed by atoms with Crippen LogP contribution in [-0.4, -0.2) is 0 Å². The third-order valence-corrected chi connectivity index (χ3v) is 14.3. The van der Waals surface area contributed by atoms with E-state index >= 15 is 0 Å². The number of allylic oxidation sites excluding steroid dienone is 9. The van der Waals surface area contributed by atoms with E-state index in [2.05, 4.69) is 46.1 Å². The first kappa shape index (κ1) is 29.5. The Labute approximate surface area is 280 Å². The summed E-state index contributed by atoms with van der Waals surface area (Å²) in [4.78, 5) is 12.9. The van der Waals surface area contributed by atoms with E-state index in [4.69, 9.17) is 13.1 Å². The van der Waals surface area contributed by atoms with Crippen molar-refractivity contribution in [3.8, 4) is 21.9 Å². The van der Waals surface area contributed by atoms with Gasteiger partial charge in [-0.15, -0.1) is 22.7 Å². The third kappa shape index (κ3) is 4.24. The maximum Gasteiger partial charge on any atom is 0.265 e. The summed E-state index contributed by atoms with van der Waals surface area (Å²) in [5, 5.41) is 19.2. The molecule has 8 rings (SSSR count). The molecule has 0 saturated heterocycles. The predicted octanol–water partition coefficient (Wildman–Crippen LogP) is 11.7. The fraction of sp³-hybridized carbons (Fsp3) is 0.450. The summed E-state index contributed by atoms with van der Waals surface area (Å²) in [6.07, 6.45) is 25.0. The first-order chi connectivity index (χ1) is 22.6. The molecule has 2 aromatic rings. The molecule has 0 unspecified atom stereocenters. The van der Waals surface area contributed by atoms with Crippen LogP contribution in [0.1, 0.15) is 129 Å². The molecule has 2 spiro atoms. The molecule has 0 aromatic carbocycles. The van der Waals surface area contributed by atoms with Crippen LogP contribution in [0.15, 0.2) is 51.9 Å². The van der Waals surface area contributed by atoms with E-state index in [9.17, 15) is 10.5 Å². The maximum absolute atomic E-state index is 9.66. The molecule has 4 nitrogen and oxygen atoms in total. The Morgan fingerprint density at radius 2 is 1.24 bits per heavy atom. The third-order valence-electron chi connectivity index (χ3n) is 11.7. The molecule has 0 aliphatic heterocycles. The number of nitriles is 2. The first-order valence-corrected chi connectivity index (χ1v) is 18.7. The first-order valence-electron chi connectivity index (χ1n) is 17.0. The summed E-state index contributed by atoms with van der Waals surface area (Å²) in [5.41, 5.74) is 11.5. The van der Waals surface area contributed by atoms with E-state index in [0.717, 1.165) is 49.7 Å². The number of fused-ring (bicyclic) bond motifs is 8. The van der Waals surface area contributed by atoms with Crippen LogP contribution in [0.2, 0.25) is 0 Å². The van der Waals surface area contributed by atoms with Gasteiger partial charge in [0.25, 0.3) is 11.4 Å². The van der Waals surface area contributed by atoms with Crippen LogP contribution in [0.5, 0.6) is 0 Å². The van der Waals surface area contributed by atoms with Gasteiger partial charge in [0.15, 0.2) is 0 Å². The van der Waals surface area contributed by atoms with Crippen LogP contribution in [-0.2, 0) is 10.8 Å². The van der Waals surface area contributed by atoms with Crippen molar-refractivity contribution in [2.75, 3.05) is 0 Å². The monoisotopic (exact) mass is 636 g/mol. The van der Waals surface area contributed by atoms with E-state index in [0.29, 0.717) is 0 Å². The summed E-state index contributed by atoms with van der Waals surface area (Å²) in [6.45, 7) is 15.1. The normalized spacial score (nSPS) is 24.3. The van der Waals surface area contributed by atoms with Crippen molar-refractivity contribution >= 4 is 34.3 Å². The average molecular weight is 637 g/mol. The van der Waals surface area contributed by atoms with Gasteiger partial charge in [-0.1, -0.05) is 50.7 Å². The minimum absolute atomic E-state index is 0.0390. The van der Waals surface area contributed by atoms with Crippen LogP contribution in [0.4, 0.5) is 0 Å². The van der Waals surface area contributed by atoms with Gasteiger partial charge in [-0.25, -0.2) is 20.2 Å². The molecule has 6 aliphatic carbocycles. The molecule has 0 radical (unpaired) electrons. The van der Waals surface area contributed by atoms with E-state index in [1.54, 1.807) is 16.7 Å². The van der Waals surface area contributed by atoms with Gasteiger partial charge in [0, 0.05) is 30.3 Å². The fourth-order valence-corrected chi connectivity index (χ4v) is 12.7. The van der Waals surface area contributed by atoms with Gasteiger partial charge in [-0.05, 0) is 121 Å². The maximum atomic E-state index is 9.66. The van der Waals surface area contributed by atoms with Gasteiger partial charge >= 0.3 is 0 Å². The molecular formula is C40H36N4S2. The Morgan fingerprint density at radius 1 is 0.652 bits per heavy atom. The van der Waals surface area contributed by atoms with Crippen LogP contribution in [0.25, 0.3) is 31.1 Å². The molecule has 2 aromatic heterocycles. The predicted molar refractivity (Wildman–Crippen MR) is 186 cm³/mol. The summed E-state index contributed by atoms with van der Waals surface area (Å²) < 4.78 is 0. The van der Waals surface area contributed by atoms with E-state index in [1.165, 1.54) is 100 Å². The second kappa shape index (κ2) is 11.4. The lowest BCUT2D eigenvalue weighted by atomic mass is 9.60. The van der Waals surface area contributed by atoms with Crippen molar-refractivity contribution in [1.82, 2.24) is 0 Å². The van der Waals surface area contributed by atoms with Crippen molar-refractivity contribution in [2.24, 2.45) is 0 Å². The molecular weight excluding hydrogens is 601 g/mol. The number of hydrogen-bond acceptors (Lipinski definition) is 4. The van der Waals surface area contributed by atoms with Crippen molar-refractivity contribution in [3.05, 3.63) is 101 Å². The summed E-state index contributed by atoms with van der Waals surface area (Å²) in [5.74, 6) is 0. The number of hydrogen-bond donors (Lipinski definition) is 0. The van der Waals surface area contributed by atoms with Crippen molar-refractivity contribution in [3.63, 3.8) is 0 Å². The Hall–Kier alpha value is -3.94. The smallest absolute Gasteiger partial charge is 0.226 e. The van der Waals surface area contributed by atoms with Crippen molar-refractivity contribution in [2.45, 2.75) is 114 Å². The van der Waals surface area contributed by atoms with Gasteiger partial charge in [0.05, 0.1) is 25.3 Å². The van der Waals surface area contributed by atoms with Crippen LogP contribution in [0.3, 0.4) is 0 Å². The quantitative estimate of drug-likeness (QED) is 0.243. The highest BCUT2D eigenvalue weighted by molar-refractivity contribution is 7.23. The van der Waals surface area contributed by atoms with Crippen molar-refractivity contribution < 1.29 is 0 Å². The molecule has 6 heteroatoms. The topological polar surface area (TPSA) is 56.3 Å². The second-order valence-electron chi connectivity index (χ2n) is 14.0. The van der Waals surface area contributed by atoms with Gasteiger partial charge in [0.1, 0.15) is 0 Å². The zero-order chi connectivity index (χ0) is 31.5. The molecule has 0 atom stereocenters. The number of thiophene rings is 2. The fourth-order valence-electron chi connectivity index (χ4n) is 9.77. The highest BCUT2D eigenvalue weighted by Crippen LogP contribution is 2.68. The standard InChI is InChI=1S/C40H36N4S2/c1-43-31(23-41)26-12-9-11-25(19-26)29-21-34-35(39(29)15-5-3-6-16-39)36-38(46-34)37-30(40(36)17-7-4-8-18-40)22-33(45-37)28-14-10-13-27(20-28)32(24-42)44-2/h19-22H,3-18H2/b31-26-,32-27+.